The van der Waals surface area contributed by atoms with E-state index in [1.807, 2.05) is 67.7 Å². The summed E-state index contributed by atoms with van der Waals surface area (Å²) >= 11 is 6.32. The largest absolute Gasteiger partial charge is 0.494 e. The highest BCUT2D eigenvalue weighted by atomic mass is 35.5. The van der Waals surface area contributed by atoms with E-state index in [1.54, 1.807) is 24.4 Å². The minimum atomic E-state index is -1.12. The molecule has 1 saturated carbocycles. The number of pyridine rings is 2. The molecule has 4 atom stereocenters. The number of fused-ring (bicyclic) bond motifs is 3. The number of nitrogens with zero attached hydrogens (tertiary/aromatic N) is 2. The van der Waals surface area contributed by atoms with Gasteiger partial charge in [0, 0.05) is 46.3 Å². The fourth-order valence-corrected chi connectivity index (χ4v) is 10.9. The fourth-order valence-electron chi connectivity index (χ4n) is 10.7. The summed E-state index contributed by atoms with van der Waals surface area (Å²) in [6, 6.07) is 26.8. The first kappa shape index (κ1) is 45.6. The zero-order valence-electron chi connectivity index (χ0n) is 37.6. The van der Waals surface area contributed by atoms with Crippen LogP contribution in [0.25, 0.3) is 11.1 Å². The number of carboxylic acid groups (broad SMARTS) is 1. The highest BCUT2D eigenvalue weighted by Crippen LogP contribution is 2.57. The summed E-state index contributed by atoms with van der Waals surface area (Å²) in [6.07, 6.45) is 11.8. The summed E-state index contributed by atoms with van der Waals surface area (Å²) in [4.78, 5) is 46.5. The molecule has 12 heteroatoms. The zero-order chi connectivity index (χ0) is 45.7. The van der Waals surface area contributed by atoms with Gasteiger partial charge in [-0.05, 0) is 165 Å². The lowest BCUT2D eigenvalue weighted by Gasteiger charge is -2.47. The third kappa shape index (κ3) is 10.2. The Labute approximate surface area is 386 Å². The van der Waals surface area contributed by atoms with Crippen LogP contribution < -0.4 is 25.8 Å². The van der Waals surface area contributed by atoms with Gasteiger partial charge in [0.25, 0.3) is 5.91 Å². The first-order chi connectivity index (χ1) is 31.3. The van der Waals surface area contributed by atoms with Crippen molar-refractivity contribution in [1.29, 1.82) is 0 Å². The Bertz CT molecular complexity index is 2520. The van der Waals surface area contributed by atoms with Gasteiger partial charge in [-0.3, -0.25) is 19.6 Å². The van der Waals surface area contributed by atoms with Gasteiger partial charge in [0.2, 0.25) is 5.91 Å². The van der Waals surface area contributed by atoms with Crippen LogP contribution in [0.3, 0.4) is 0 Å². The van der Waals surface area contributed by atoms with E-state index in [4.69, 9.17) is 26.8 Å². The van der Waals surface area contributed by atoms with Gasteiger partial charge in [-0.15, -0.1) is 0 Å². The smallest absolute Gasteiger partial charge is 0.329 e. The number of anilines is 1. The molecule has 0 saturated heterocycles. The van der Waals surface area contributed by atoms with Crippen LogP contribution in [0.15, 0.2) is 97.3 Å². The van der Waals surface area contributed by atoms with E-state index in [9.17, 15) is 19.5 Å². The summed E-state index contributed by atoms with van der Waals surface area (Å²) in [5, 5.41) is 17.8. The average Bonchev–Trinajstić information content (AvgIpc) is 3.58. The Kier molecular flexibility index (Phi) is 13.8. The molecule has 0 aliphatic heterocycles. The maximum absolute atomic E-state index is 13.1. The maximum Gasteiger partial charge on any atom is 0.329 e. The number of primary amides is 1. The number of aryl methyl sites for hydroxylation is 1. The molecular weight excluding hydrogens is 838 g/mol. The number of benzene rings is 3. The lowest BCUT2D eigenvalue weighted by Crippen LogP contribution is -2.53. The number of halogens is 1. The van der Waals surface area contributed by atoms with Gasteiger partial charge < -0.3 is 30.9 Å². The van der Waals surface area contributed by atoms with Gasteiger partial charge in [-0.25, -0.2) is 4.79 Å². The number of ether oxygens (including phenoxy) is 2. The molecule has 11 nitrogen and oxygen atoms in total. The summed E-state index contributed by atoms with van der Waals surface area (Å²) in [5.74, 6) is 1.20. The van der Waals surface area contributed by atoms with Gasteiger partial charge in [0.05, 0.1) is 19.3 Å². The third-order valence-corrected chi connectivity index (χ3v) is 14.4. The SMILES string of the molecule is C[C@@H](COc1ccnc2c1[C@H](C)CCC2)C[C@H]1Cc2ccc(OCCCC(=O)N[C@H](C)c3cccc(-c4ccc(C(N)=O)nc4)c3)cc2C12CCC(Nc1cccc(Cl)c1)(C(=O)O)CC2. The van der Waals surface area contributed by atoms with E-state index in [1.165, 1.54) is 16.7 Å². The minimum absolute atomic E-state index is 0.0679. The molecular formula is C53H60ClN5O6. The van der Waals surface area contributed by atoms with Crippen molar-refractivity contribution in [3.63, 3.8) is 0 Å². The summed E-state index contributed by atoms with van der Waals surface area (Å²) < 4.78 is 13.0. The van der Waals surface area contributed by atoms with Crippen LogP contribution in [0.5, 0.6) is 11.5 Å². The number of amides is 2. The van der Waals surface area contributed by atoms with Crippen molar-refractivity contribution < 1.29 is 29.0 Å². The zero-order valence-corrected chi connectivity index (χ0v) is 38.3. The lowest BCUT2D eigenvalue weighted by molar-refractivity contribution is -0.144. The van der Waals surface area contributed by atoms with Gasteiger partial charge in [-0.1, -0.05) is 61.8 Å². The molecule has 2 aromatic heterocycles. The van der Waals surface area contributed by atoms with Gasteiger partial charge in [-0.2, -0.15) is 0 Å². The van der Waals surface area contributed by atoms with Crippen molar-refractivity contribution in [3.05, 3.63) is 136 Å². The molecule has 0 bridgehead atoms. The van der Waals surface area contributed by atoms with Crippen LogP contribution in [0.1, 0.15) is 129 Å². The Hall–Kier alpha value is -5.94. The first-order valence-corrected chi connectivity index (χ1v) is 23.5. The number of carbonyl (C=O) groups excluding carboxylic acids is 2. The molecule has 8 rings (SSSR count). The molecule has 65 heavy (non-hydrogen) atoms. The van der Waals surface area contributed by atoms with Crippen LogP contribution >= 0.6 is 11.6 Å². The molecule has 3 aliphatic carbocycles. The fraction of sp³-hybridized carbons (Fsp3) is 0.415. The van der Waals surface area contributed by atoms with Crippen LogP contribution in [0.2, 0.25) is 5.02 Å². The molecule has 1 fully saturated rings. The van der Waals surface area contributed by atoms with E-state index in [-0.39, 0.29) is 29.0 Å². The molecule has 0 unspecified atom stereocenters. The number of carboxylic acids is 1. The third-order valence-electron chi connectivity index (χ3n) is 14.2. The second kappa shape index (κ2) is 19.7. The Balaban J connectivity index is 0.925. The van der Waals surface area contributed by atoms with Gasteiger partial charge >= 0.3 is 5.97 Å². The van der Waals surface area contributed by atoms with Crippen molar-refractivity contribution in [1.82, 2.24) is 15.3 Å². The summed E-state index contributed by atoms with van der Waals surface area (Å²) in [7, 11) is 0. The summed E-state index contributed by atoms with van der Waals surface area (Å²) in [6.45, 7) is 7.47. The minimum Gasteiger partial charge on any atom is -0.494 e. The predicted molar refractivity (Wildman–Crippen MR) is 254 cm³/mol. The van der Waals surface area contributed by atoms with Crippen molar-refractivity contribution in [2.24, 2.45) is 17.6 Å². The number of nitrogens with one attached hydrogen (secondary N) is 2. The number of nitrogens with two attached hydrogens (primary N) is 1. The Morgan fingerprint density at radius 3 is 2.51 bits per heavy atom. The molecule has 1 spiro atoms. The number of aliphatic carboxylic acids is 1. The standard InChI is InChI=1S/C53H60ClN5O6/c1-33(32-65-47-19-24-56-45-13-4-8-34(2)49(45)47)26-40-28-38-15-17-43(30-44(38)52(40)20-22-53(23-21-52,51(62)63)59-42-12-6-11-41(54)29-42)64-25-7-14-48(60)58-35(3)36-9-5-10-37(27-36)39-16-18-46(50(55)61)57-31-39/h5-6,9-12,15-19,24,27,29-31,33-35,40,59H,4,7-8,13-14,20-23,25-26,28,32H2,1-3H3,(H2,55,61)(H,58,60)(H,62,63)/t33-,34-,35-,40+,52?,53?/m1/s1. The molecule has 2 heterocycles. The van der Waals surface area contributed by atoms with E-state index < -0.39 is 17.4 Å². The maximum atomic E-state index is 13.1. The monoisotopic (exact) mass is 897 g/mol. The number of aromatic nitrogens is 2. The molecule has 3 aliphatic rings. The number of carbonyl (C=O) groups is 3. The number of rotatable bonds is 17. The Morgan fingerprint density at radius 2 is 1.75 bits per heavy atom. The molecule has 0 radical (unpaired) electrons. The van der Waals surface area contributed by atoms with Crippen LogP contribution in [-0.2, 0) is 27.8 Å². The van der Waals surface area contributed by atoms with Crippen LogP contribution in [-0.4, -0.2) is 51.6 Å². The normalized spacial score (nSPS) is 22.0. The highest BCUT2D eigenvalue weighted by molar-refractivity contribution is 6.30. The summed E-state index contributed by atoms with van der Waals surface area (Å²) in [5.41, 5.74) is 12.6. The molecule has 2 amide bonds. The van der Waals surface area contributed by atoms with Crippen molar-refractivity contribution in [2.45, 2.75) is 114 Å². The van der Waals surface area contributed by atoms with Crippen molar-refractivity contribution >= 4 is 35.1 Å². The van der Waals surface area contributed by atoms with E-state index in [2.05, 4.69) is 46.6 Å². The molecule has 5 aromatic rings. The topological polar surface area (TPSA) is 166 Å². The van der Waals surface area contributed by atoms with Crippen molar-refractivity contribution in [3.8, 4) is 22.6 Å². The average molecular weight is 899 g/mol. The second-order valence-corrected chi connectivity index (χ2v) is 19.1. The van der Waals surface area contributed by atoms with E-state index >= 15 is 0 Å². The molecule has 3 aromatic carbocycles. The predicted octanol–water partition coefficient (Wildman–Crippen LogP) is 10.4. The van der Waals surface area contributed by atoms with Crippen molar-refractivity contribution in [2.75, 3.05) is 18.5 Å². The van der Waals surface area contributed by atoms with Gasteiger partial charge in [0.15, 0.2) is 0 Å². The lowest BCUT2D eigenvalue weighted by atomic mass is 9.59. The number of hydrogen-bond donors (Lipinski definition) is 4. The second-order valence-electron chi connectivity index (χ2n) is 18.7. The first-order valence-electron chi connectivity index (χ1n) is 23.1. The quantitative estimate of drug-likeness (QED) is 0.0665. The molecule has 5 N–H and O–H groups in total. The molecule has 340 valence electrons. The highest BCUT2D eigenvalue weighted by Gasteiger charge is 2.54. The van der Waals surface area contributed by atoms with E-state index in [0.717, 1.165) is 66.0 Å². The van der Waals surface area contributed by atoms with Crippen LogP contribution in [0.4, 0.5) is 5.69 Å². The Morgan fingerprint density at radius 1 is 0.938 bits per heavy atom. The van der Waals surface area contributed by atoms with Crippen LogP contribution in [0, 0.1) is 11.8 Å². The van der Waals surface area contributed by atoms with E-state index in [0.29, 0.717) is 74.3 Å². The number of hydrogen-bond acceptors (Lipinski definition) is 8. The van der Waals surface area contributed by atoms with Gasteiger partial charge in [0.1, 0.15) is 22.7 Å².